The highest BCUT2D eigenvalue weighted by Gasteiger charge is 2.54. The largest absolute Gasteiger partial charge is 0.399 e. The van der Waals surface area contributed by atoms with Crippen molar-refractivity contribution in [1.82, 2.24) is 9.97 Å². The maximum absolute atomic E-state index is 14.2. The molecule has 164 valence electrons. The fourth-order valence-electron chi connectivity index (χ4n) is 5.19. The van der Waals surface area contributed by atoms with E-state index in [0.29, 0.717) is 24.2 Å². The van der Waals surface area contributed by atoms with Gasteiger partial charge in [0.1, 0.15) is 0 Å². The third kappa shape index (κ3) is 4.56. The molecule has 2 fully saturated rings. The molecule has 1 aromatic carbocycles. The van der Waals surface area contributed by atoms with Crippen LogP contribution >= 0.6 is 11.6 Å². The Morgan fingerprint density at radius 2 is 2.10 bits per heavy atom. The standard InChI is InChI=1S/C21H24ClFN6O2/c22-21-26-9-15(23)20(29-21)28-18-14-7-11(17(18)19(25)31)6-10(14)4-5-16(30)27-13-3-1-2-12(24)8-13/h1-3,8-11,14,17-18H,4-7,24H2,(H2,25,31)(H,27,30)(H,26,28,29)/t10-,11-,14-,17+,18-/m1/s1. The van der Waals surface area contributed by atoms with Gasteiger partial charge in [-0.2, -0.15) is 4.98 Å². The zero-order valence-corrected chi connectivity index (χ0v) is 17.5. The first-order valence-corrected chi connectivity index (χ1v) is 10.6. The van der Waals surface area contributed by atoms with Crippen molar-refractivity contribution in [1.29, 1.82) is 0 Å². The number of halogens is 2. The van der Waals surface area contributed by atoms with E-state index in [0.717, 1.165) is 19.0 Å². The molecule has 1 heterocycles. The van der Waals surface area contributed by atoms with E-state index >= 15 is 0 Å². The summed E-state index contributed by atoms with van der Waals surface area (Å²) in [6.07, 6.45) is 3.60. The van der Waals surface area contributed by atoms with Crippen molar-refractivity contribution in [2.24, 2.45) is 29.4 Å². The zero-order chi connectivity index (χ0) is 22.1. The Hall–Kier alpha value is -2.94. The van der Waals surface area contributed by atoms with Gasteiger partial charge in [0.2, 0.25) is 17.1 Å². The summed E-state index contributed by atoms with van der Waals surface area (Å²) in [5.74, 6) is -1.23. The number of carbonyl (C=O) groups excluding carboxylic acids is 2. The Kier molecular flexibility index (Phi) is 5.95. The van der Waals surface area contributed by atoms with E-state index in [1.165, 1.54) is 0 Å². The van der Waals surface area contributed by atoms with Crippen LogP contribution in [0.15, 0.2) is 30.5 Å². The first kappa shape index (κ1) is 21.3. The second kappa shape index (κ2) is 8.66. The number of fused-ring (bicyclic) bond motifs is 2. The molecule has 4 rings (SSSR count). The van der Waals surface area contributed by atoms with Gasteiger partial charge in [-0.15, -0.1) is 0 Å². The lowest BCUT2D eigenvalue weighted by Crippen LogP contribution is -2.45. The molecule has 0 saturated heterocycles. The Labute approximate surface area is 184 Å². The predicted molar refractivity (Wildman–Crippen MR) is 116 cm³/mol. The smallest absolute Gasteiger partial charge is 0.224 e. The number of hydrogen-bond donors (Lipinski definition) is 4. The van der Waals surface area contributed by atoms with Crippen LogP contribution in [0.1, 0.15) is 25.7 Å². The summed E-state index contributed by atoms with van der Waals surface area (Å²) in [6, 6.07) is 6.65. The van der Waals surface area contributed by atoms with Crippen molar-refractivity contribution >= 4 is 40.6 Å². The summed E-state index contributed by atoms with van der Waals surface area (Å²) in [5, 5.41) is 5.82. The molecule has 10 heteroatoms. The molecule has 2 saturated carbocycles. The van der Waals surface area contributed by atoms with Gasteiger partial charge < -0.3 is 22.1 Å². The minimum atomic E-state index is -0.645. The van der Waals surface area contributed by atoms with Crippen molar-refractivity contribution < 1.29 is 14.0 Å². The fourth-order valence-corrected chi connectivity index (χ4v) is 5.33. The van der Waals surface area contributed by atoms with Crippen LogP contribution in [0, 0.1) is 29.5 Å². The average Bonchev–Trinajstić information content (AvgIpc) is 3.27. The van der Waals surface area contributed by atoms with E-state index in [-0.39, 0.29) is 40.8 Å². The minimum absolute atomic E-state index is 0.0399. The maximum atomic E-state index is 14.2. The Morgan fingerprint density at radius 3 is 2.84 bits per heavy atom. The van der Waals surface area contributed by atoms with Gasteiger partial charge in [-0.05, 0) is 66.8 Å². The van der Waals surface area contributed by atoms with Gasteiger partial charge >= 0.3 is 0 Å². The number of nitrogens with one attached hydrogen (secondary N) is 2. The monoisotopic (exact) mass is 446 g/mol. The molecular formula is C21H24ClFN6O2. The summed E-state index contributed by atoms with van der Waals surface area (Å²) < 4.78 is 14.2. The summed E-state index contributed by atoms with van der Waals surface area (Å²) in [6.45, 7) is 0. The Bertz CT molecular complexity index is 1010. The van der Waals surface area contributed by atoms with Crippen molar-refractivity contribution in [2.75, 3.05) is 16.4 Å². The summed E-state index contributed by atoms with van der Waals surface area (Å²) in [4.78, 5) is 32.0. The van der Waals surface area contributed by atoms with Crippen LogP contribution in [0.3, 0.4) is 0 Å². The molecule has 0 unspecified atom stereocenters. The first-order valence-electron chi connectivity index (χ1n) is 10.2. The van der Waals surface area contributed by atoms with Gasteiger partial charge in [0, 0.05) is 23.8 Å². The number of hydrogen-bond acceptors (Lipinski definition) is 6. The van der Waals surface area contributed by atoms with Crippen molar-refractivity contribution in [3.05, 3.63) is 41.6 Å². The normalized spacial score (nSPS) is 26.6. The van der Waals surface area contributed by atoms with Gasteiger partial charge in [0.25, 0.3) is 0 Å². The molecule has 2 amide bonds. The van der Waals surface area contributed by atoms with E-state index in [9.17, 15) is 14.0 Å². The van der Waals surface area contributed by atoms with Crippen molar-refractivity contribution in [3.8, 4) is 0 Å². The molecule has 8 nitrogen and oxygen atoms in total. The number of primary amides is 1. The van der Waals surface area contributed by atoms with Crippen LogP contribution in [0.5, 0.6) is 0 Å². The second-order valence-electron chi connectivity index (χ2n) is 8.30. The number of amides is 2. The van der Waals surface area contributed by atoms with E-state index in [2.05, 4.69) is 20.6 Å². The van der Waals surface area contributed by atoms with Gasteiger partial charge in [0.05, 0.1) is 12.1 Å². The van der Waals surface area contributed by atoms with Gasteiger partial charge in [0.15, 0.2) is 11.6 Å². The summed E-state index contributed by atoms with van der Waals surface area (Å²) in [5.41, 5.74) is 12.6. The van der Waals surface area contributed by atoms with Gasteiger partial charge in [-0.3, -0.25) is 9.59 Å². The summed E-state index contributed by atoms with van der Waals surface area (Å²) >= 11 is 5.80. The molecule has 1 aromatic heterocycles. The Balaban J connectivity index is 1.42. The number of anilines is 3. The first-order chi connectivity index (χ1) is 14.8. The molecule has 6 N–H and O–H groups in total. The number of rotatable bonds is 7. The minimum Gasteiger partial charge on any atom is -0.399 e. The lowest BCUT2D eigenvalue weighted by molar-refractivity contribution is -0.124. The molecule has 2 aromatic rings. The molecule has 5 atom stereocenters. The summed E-state index contributed by atoms with van der Waals surface area (Å²) in [7, 11) is 0. The van der Waals surface area contributed by atoms with E-state index < -0.39 is 17.6 Å². The number of nitrogen functional groups attached to an aromatic ring is 1. The molecule has 2 aliphatic carbocycles. The zero-order valence-electron chi connectivity index (χ0n) is 16.7. The third-order valence-corrected chi connectivity index (χ3v) is 6.58. The van der Waals surface area contributed by atoms with Crippen LogP contribution in [-0.2, 0) is 9.59 Å². The van der Waals surface area contributed by atoms with Crippen molar-refractivity contribution in [2.45, 2.75) is 31.7 Å². The lowest BCUT2D eigenvalue weighted by Gasteiger charge is -2.35. The quantitative estimate of drug-likeness (QED) is 0.381. The van der Waals surface area contributed by atoms with Crippen molar-refractivity contribution in [3.63, 3.8) is 0 Å². The average molecular weight is 447 g/mol. The van der Waals surface area contributed by atoms with Gasteiger partial charge in [-0.1, -0.05) is 6.07 Å². The van der Waals surface area contributed by atoms with E-state index in [1.807, 2.05) is 0 Å². The number of carbonyl (C=O) groups is 2. The maximum Gasteiger partial charge on any atom is 0.224 e. The molecule has 0 aliphatic heterocycles. The van der Waals surface area contributed by atoms with Crippen LogP contribution in [-0.4, -0.2) is 27.8 Å². The molecule has 0 spiro atoms. The highest BCUT2D eigenvalue weighted by molar-refractivity contribution is 6.28. The fraction of sp³-hybridized carbons (Fsp3) is 0.429. The highest BCUT2D eigenvalue weighted by atomic mass is 35.5. The van der Waals surface area contributed by atoms with Crippen LogP contribution in [0.2, 0.25) is 5.28 Å². The number of nitrogens with zero attached hydrogens (tertiary/aromatic N) is 2. The third-order valence-electron chi connectivity index (χ3n) is 6.40. The Morgan fingerprint density at radius 1 is 1.29 bits per heavy atom. The molecule has 2 aliphatic rings. The van der Waals surface area contributed by atoms with Crippen LogP contribution < -0.4 is 22.1 Å². The number of nitrogens with two attached hydrogens (primary N) is 2. The molecule has 31 heavy (non-hydrogen) atoms. The predicted octanol–water partition coefficient (Wildman–Crippen LogP) is 2.81. The highest BCUT2D eigenvalue weighted by Crippen LogP contribution is 2.54. The van der Waals surface area contributed by atoms with E-state index in [1.54, 1.807) is 24.3 Å². The van der Waals surface area contributed by atoms with Crippen LogP contribution in [0.4, 0.5) is 21.6 Å². The van der Waals surface area contributed by atoms with Gasteiger partial charge in [-0.25, -0.2) is 9.37 Å². The lowest BCUT2D eigenvalue weighted by atomic mass is 9.76. The number of benzene rings is 1. The molecule has 0 radical (unpaired) electrons. The van der Waals surface area contributed by atoms with Crippen LogP contribution in [0.25, 0.3) is 0 Å². The molecular weight excluding hydrogens is 423 g/mol. The molecule has 2 bridgehead atoms. The SMILES string of the molecule is NC(=O)[C@H]1[C@@H]2C[C@@H](CCC(=O)Nc3cccc(N)c3)[C@@H](C2)[C@H]1Nc1nc(Cl)ncc1F. The second-order valence-corrected chi connectivity index (χ2v) is 8.64. The number of aromatic nitrogens is 2. The van der Waals surface area contributed by atoms with E-state index in [4.69, 9.17) is 23.1 Å². The topological polar surface area (TPSA) is 136 Å².